The number of hydrogen-bond donors (Lipinski definition) is 1. The number of carbonyl (C=O) groups excluding carboxylic acids is 1. The molecule has 0 bridgehead atoms. The normalized spacial score (nSPS) is 12.8. The third kappa shape index (κ3) is 7.85. The fraction of sp³-hybridized carbons (Fsp3) is 0.647. The molecule has 1 heterocycles. The van der Waals surface area contributed by atoms with Crippen molar-refractivity contribution in [1.82, 2.24) is 4.90 Å². The van der Waals surface area contributed by atoms with Crippen molar-refractivity contribution < 1.29 is 39.7 Å². The summed E-state index contributed by atoms with van der Waals surface area (Å²) in [5, 5.41) is 9.38. The molecule has 0 spiro atoms. The number of ether oxygens (including phenoxy) is 1. The zero-order valence-electron chi connectivity index (χ0n) is 16.8. The standard InChI is InChI=1S/C17H27NO4S.Li.H/c1-11(2)9-13(15(19)20)18(6)10-12-7-8-14(23-12)16(21)22-17(3,4)5;;/h7-8,11,13H,9-10H2,1-6H3,(H,19,20);;/q;+1;-1/t13-;;/m0../s1. The molecule has 1 rings (SSSR count). The van der Waals surface area contributed by atoms with Crippen LogP contribution in [-0.2, 0) is 16.1 Å². The molecule has 0 aliphatic carbocycles. The molecule has 0 saturated heterocycles. The summed E-state index contributed by atoms with van der Waals surface area (Å²) in [5.74, 6) is -0.849. The second-order valence-electron chi connectivity index (χ2n) is 7.17. The van der Waals surface area contributed by atoms with Crippen molar-refractivity contribution in [3.63, 3.8) is 0 Å². The molecule has 1 N–H and O–H groups in total. The topological polar surface area (TPSA) is 66.8 Å². The van der Waals surface area contributed by atoms with Gasteiger partial charge in [0.05, 0.1) is 0 Å². The number of esters is 1. The van der Waals surface area contributed by atoms with Crippen LogP contribution in [-0.4, -0.2) is 40.6 Å². The minimum atomic E-state index is -0.815. The maximum absolute atomic E-state index is 12.0. The van der Waals surface area contributed by atoms with Crippen molar-refractivity contribution in [1.29, 1.82) is 0 Å². The van der Waals surface area contributed by atoms with Crippen molar-refractivity contribution in [2.24, 2.45) is 5.92 Å². The Morgan fingerprint density at radius 2 is 1.92 bits per heavy atom. The molecule has 0 aromatic carbocycles. The predicted octanol–water partition coefficient (Wildman–Crippen LogP) is 0.751. The van der Waals surface area contributed by atoms with E-state index in [0.29, 0.717) is 23.8 Å². The van der Waals surface area contributed by atoms with Crippen LogP contribution in [0.5, 0.6) is 0 Å². The van der Waals surface area contributed by atoms with E-state index in [0.717, 1.165) is 4.88 Å². The zero-order chi connectivity index (χ0) is 17.8. The molecular formula is C17H28LiNO4S. The molecule has 1 aromatic heterocycles. The molecule has 132 valence electrons. The number of rotatable bonds is 7. The van der Waals surface area contributed by atoms with Crippen molar-refractivity contribution in [3.05, 3.63) is 21.9 Å². The first-order chi connectivity index (χ1) is 10.5. The molecule has 1 atom stereocenters. The average Bonchev–Trinajstić information content (AvgIpc) is 2.81. The van der Waals surface area contributed by atoms with Crippen LogP contribution in [0.2, 0.25) is 0 Å². The number of aliphatic carboxylic acids is 1. The molecule has 0 radical (unpaired) electrons. The molecule has 7 heteroatoms. The first-order valence-electron chi connectivity index (χ1n) is 7.74. The number of carboxylic acid groups (broad SMARTS) is 1. The Morgan fingerprint density at radius 1 is 1.33 bits per heavy atom. The minimum absolute atomic E-state index is 0. The van der Waals surface area contributed by atoms with Gasteiger partial charge in [-0.3, -0.25) is 9.69 Å². The van der Waals surface area contributed by atoms with Crippen LogP contribution in [0.4, 0.5) is 0 Å². The van der Waals surface area contributed by atoms with E-state index in [9.17, 15) is 14.7 Å². The molecule has 0 amide bonds. The summed E-state index contributed by atoms with van der Waals surface area (Å²) in [7, 11) is 1.80. The Labute approximate surface area is 162 Å². The van der Waals surface area contributed by atoms with E-state index in [1.807, 2.05) is 45.6 Å². The number of nitrogens with zero attached hydrogens (tertiary/aromatic N) is 1. The average molecular weight is 349 g/mol. The Balaban J connectivity index is 0. The molecule has 24 heavy (non-hydrogen) atoms. The van der Waals surface area contributed by atoms with Crippen LogP contribution in [0.15, 0.2) is 12.1 Å². The quantitative estimate of drug-likeness (QED) is 0.581. The molecule has 5 nitrogen and oxygen atoms in total. The number of carboxylic acids is 1. The summed E-state index contributed by atoms with van der Waals surface area (Å²) in [5.41, 5.74) is -0.524. The largest absolute Gasteiger partial charge is 1.00 e. The van der Waals surface area contributed by atoms with Gasteiger partial charge in [-0.15, -0.1) is 11.3 Å². The monoisotopic (exact) mass is 349 g/mol. The molecule has 0 aliphatic rings. The first-order valence-corrected chi connectivity index (χ1v) is 8.56. The van der Waals surface area contributed by atoms with Gasteiger partial charge in [-0.1, -0.05) is 13.8 Å². The first kappa shape index (κ1) is 23.2. The fourth-order valence-electron chi connectivity index (χ4n) is 2.17. The summed E-state index contributed by atoms with van der Waals surface area (Å²) in [6.07, 6.45) is 0.593. The maximum atomic E-state index is 12.0. The summed E-state index contributed by atoms with van der Waals surface area (Å²) in [6, 6.07) is 3.07. The molecule has 0 fully saturated rings. The van der Waals surface area contributed by atoms with Crippen molar-refractivity contribution in [2.75, 3.05) is 7.05 Å². The molecular weight excluding hydrogens is 321 g/mol. The fourth-order valence-corrected chi connectivity index (χ4v) is 3.12. The van der Waals surface area contributed by atoms with Gasteiger partial charge in [-0.05, 0) is 52.3 Å². The summed E-state index contributed by atoms with van der Waals surface area (Å²) < 4.78 is 5.34. The molecule has 0 unspecified atom stereocenters. The number of hydrogen-bond acceptors (Lipinski definition) is 5. The Morgan fingerprint density at radius 3 is 2.38 bits per heavy atom. The van der Waals surface area contributed by atoms with Crippen LogP contribution >= 0.6 is 11.3 Å². The van der Waals surface area contributed by atoms with Gasteiger partial charge in [0, 0.05) is 11.4 Å². The van der Waals surface area contributed by atoms with Crippen LogP contribution in [0.1, 0.15) is 57.0 Å². The van der Waals surface area contributed by atoms with Crippen LogP contribution in [0.25, 0.3) is 0 Å². The van der Waals surface area contributed by atoms with Gasteiger partial charge in [-0.25, -0.2) is 4.79 Å². The van der Waals surface area contributed by atoms with E-state index in [1.165, 1.54) is 11.3 Å². The van der Waals surface area contributed by atoms with Gasteiger partial charge < -0.3 is 11.3 Å². The zero-order valence-corrected chi connectivity index (χ0v) is 16.6. The van der Waals surface area contributed by atoms with Crippen LogP contribution in [0.3, 0.4) is 0 Å². The van der Waals surface area contributed by atoms with Crippen LogP contribution in [0, 0.1) is 5.92 Å². The number of carbonyl (C=O) groups is 2. The van der Waals surface area contributed by atoms with Gasteiger partial charge in [0.15, 0.2) is 0 Å². The smallest absolute Gasteiger partial charge is 1.00 e. The molecule has 0 aliphatic heterocycles. The van der Waals surface area contributed by atoms with E-state index >= 15 is 0 Å². The second kappa shape index (κ2) is 9.62. The Kier molecular flexibility index (Phi) is 9.30. The van der Waals surface area contributed by atoms with E-state index < -0.39 is 17.6 Å². The third-order valence-electron chi connectivity index (χ3n) is 3.18. The number of likely N-dealkylation sites (N-methyl/N-ethyl adjacent to an activating group) is 1. The van der Waals surface area contributed by atoms with Gasteiger partial charge in [0.2, 0.25) is 0 Å². The molecule has 0 saturated carbocycles. The summed E-state index contributed by atoms with van der Waals surface area (Å²) >= 11 is 1.35. The SMILES string of the molecule is CC(C)C[C@@H](C(=O)O)N(C)Cc1ccc(C(=O)OC(C)(C)C)s1.[H-].[Li+]. The van der Waals surface area contributed by atoms with Crippen LogP contribution < -0.4 is 18.9 Å². The number of thiophene rings is 1. The Hall–Kier alpha value is -0.803. The van der Waals surface area contributed by atoms with Crippen molar-refractivity contribution in [2.45, 2.75) is 59.2 Å². The van der Waals surface area contributed by atoms with E-state index in [2.05, 4.69) is 0 Å². The second-order valence-corrected chi connectivity index (χ2v) is 8.33. The Bertz CT molecular complexity index is 557. The van der Waals surface area contributed by atoms with E-state index in [-0.39, 0.29) is 26.3 Å². The van der Waals surface area contributed by atoms with Crippen molar-refractivity contribution in [3.8, 4) is 0 Å². The van der Waals surface area contributed by atoms with Gasteiger partial charge >= 0.3 is 30.8 Å². The summed E-state index contributed by atoms with van der Waals surface area (Å²) in [4.78, 5) is 26.8. The summed E-state index contributed by atoms with van der Waals surface area (Å²) in [6.45, 7) is 10.0. The van der Waals surface area contributed by atoms with Gasteiger partial charge in [0.1, 0.15) is 16.5 Å². The van der Waals surface area contributed by atoms with E-state index in [1.54, 1.807) is 13.1 Å². The minimum Gasteiger partial charge on any atom is -1.00 e. The predicted molar refractivity (Wildman–Crippen MR) is 92.9 cm³/mol. The maximum Gasteiger partial charge on any atom is 1.00 e. The van der Waals surface area contributed by atoms with Gasteiger partial charge in [-0.2, -0.15) is 0 Å². The molecule has 1 aromatic rings. The van der Waals surface area contributed by atoms with Gasteiger partial charge in [0.25, 0.3) is 0 Å². The van der Waals surface area contributed by atoms with Crippen molar-refractivity contribution >= 4 is 23.3 Å². The third-order valence-corrected chi connectivity index (χ3v) is 4.23. The van der Waals surface area contributed by atoms with E-state index in [4.69, 9.17) is 4.74 Å².